The summed E-state index contributed by atoms with van der Waals surface area (Å²) in [4.78, 5) is 24.5. The summed E-state index contributed by atoms with van der Waals surface area (Å²) >= 11 is 7.52. The van der Waals surface area contributed by atoms with Gasteiger partial charge in [0.1, 0.15) is 25.1 Å². The smallest absolute Gasteiger partial charge is 0.407 e. The van der Waals surface area contributed by atoms with Crippen molar-refractivity contribution in [1.29, 1.82) is 0 Å². The van der Waals surface area contributed by atoms with Crippen LogP contribution in [0.25, 0.3) is 5.57 Å². The van der Waals surface area contributed by atoms with Gasteiger partial charge in [-0.2, -0.15) is 0 Å². The van der Waals surface area contributed by atoms with Crippen molar-refractivity contribution in [2.45, 2.75) is 45.6 Å². The van der Waals surface area contributed by atoms with Gasteiger partial charge in [0.15, 0.2) is 0 Å². The molecule has 0 spiro atoms. The van der Waals surface area contributed by atoms with Gasteiger partial charge in [-0.15, -0.1) is 11.8 Å². The summed E-state index contributed by atoms with van der Waals surface area (Å²) in [6.07, 6.45) is -0.0750. The maximum atomic E-state index is 12.4. The Labute approximate surface area is 235 Å². The Morgan fingerprint density at radius 2 is 1.68 bits per heavy atom. The Kier molecular flexibility index (Phi) is 13.3. The lowest BCUT2D eigenvalue weighted by Crippen LogP contribution is -2.35. The van der Waals surface area contributed by atoms with Crippen LogP contribution in [0.1, 0.15) is 40.2 Å². The molecule has 0 aliphatic rings. The Balaban J connectivity index is 2.03. The summed E-state index contributed by atoms with van der Waals surface area (Å²) in [6.45, 7) is 14.7. The maximum Gasteiger partial charge on any atom is 0.407 e. The molecule has 8 heteroatoms. The summed E-state index contributed by atoms with van der Waals surface area (Å²) < 4.78 is 16.5. The topological polar surface area (TPSA) is 73.9 Å². The SMILES string of the molecule is C=CC(=O)OCCNC(=O)OC(COc1ccc(/C(=C(\C)C(C)C)C(C)C)cc1)CSc1ccc(Cl)cc1. The molecule has 38 heavy (non-hydrogen) atoms. The first-order valence-electron chi connectivity index (χ1n) is 12.7. The fraction of sp³-hybridized carbons (Fsp3) is 0.400. The number of ether oxygens (including phenoxy) is 3. The highest BCUT2D eigenvalue weighted by Crippen LogP contribution is 2.31. The van der Waals surface area contributed by atoms with Gasteiger partial charge >= 0.3 is 12.1 Å². The van der Waals surface area contributed by atoms with Gasteiger partial charge in [-0.3, -0.25) is 0 Å². The third kappa shape index (κ3) is 10.8. The number of hydrogen-bond donors (Lipinski definition) is 1. The normalized spacial score (nSPS) is 12.5. The fourth-order valence-electron chi connectivity index (χ4n) is 3.64. The van der Waals surface area contributed by atoms with Gasteiger partial charge in [-0.1, -0.05) is 63.6 Å². The molecule has 2 rings (SSSR count). The zero-order valence-corrected chi connectivity index (χ0v) is 24.4. The Morgan fingerprint density at radius 1 is 1.03 bits per heavy atom. The molecule has 1 atom stereocenters. The van der Waals surface area contributed by atoms with Crippen LogP contribution in [0.2, 0.25) is 5.02 Å². The second-order valence-corrected chi connectivity index (χ2v) is 10.9. The number of rotatable bonds is 14. The van der Waals surface area contributed by atoms with Gasteiger partial charge in [-0.05, 0) is 66.3 Å². The second kappa shape index (κ2) is 16.1. The average Bonchev–Trinajstić information content (AvgIpc) is 2.89. The van der Waals surface area contributed by atoms with Gasteiger partial charge < -0.3 is 19.5 Å². The number of allylic oxidation sites excluding steroid dienone is 2. The van der Waals surface area contributed by atoms with Gasteiger partial charge in [0.25, 0.3) is 0 Å². The molecule has 0 aliphatic carbocycles. The van der Waals surface area contributed by atoms with E-state index in [0.29, 0.717) is 28.4 Å². The van der Waals surface area contributed by atoms with E-state index in [0.717, 1.165) is 11.0 Å². The van der Waals surface area contributed by atoms with Crippen molar-refractivity contribution in [3.05, 3.63) is 77.3 Å². The van der Waals surface area contributed by atoms with E-state index in [4.69, 9.17) is 25.8 Å². The van der Waals surface area contributed by atoms with Crippen LogP contribution in [0, 0.1) is 11.8 Å². The lowest BCUT2D eigenvalue weighted by atomic mass is 9.87. The number of thioether (sulfide) groups is 1. The molecule has 0 fully saturated rings. The number of nitrogens with one attached hydrogen (secondary N) is 1. The van der Waals surface area contributed by atoms with Crippen molar-refractivity contribution in [2.24, 2.45) is 11.8 Å². The highest BCUT2D eigenvalue weighted by Gasteiger charge is 2.17. The maximum absolute atomic E-state index is 12.4. The van der Waals surface area contributed by atoms with Gasteiger partial charge in [0.2, 0.25) is 0 Å². The molecule has 0 saturated heterocycles. The highest BCUT2D eigenvalue weighted by atomic mass is 35.5. The summed E-state index contributed by atoms with van der Waals surface area (Å²) in [5, 5.41) is 3.24. The van der Waals surface area contributed by atoms with Crippen LogP contribution in [-0.2, 0) is 14.3 Å². The predicted molar refractivity (Wildman–Crippen MR) is 156 cm³/mol. The summed E-state index contributed by atoms with van der Waals surface area (Å²) in [6, 6.07) is 15.5. The zero-order valence-electron chi connectivity index (χ0n) is 22.8. The zero-order chi connectivity index (χ0) is 28.1. The molecule has 1 amide bonds. The number of alkyl carbamates (subject to hydrolysis) is 1. The molecular formula is C30H38ClNO5S. The molecule has 0 saturated carbocycles. The summed E-state index contributed by atoms with van der Waals surface area (Å²) in [7, 11) is 0. The van der Waals surface area contributed by atoms with Crippen LogP contribution in [0.4, 0.5) is 4.79 Å². The lowest BCUT2D eigenvalue weighted by Gasteiger charge is -2.20. The number of amides is 1. The van der Waals surface area contributed by atoms with Crippen molar-refractivity contribution < 1.29 is 23.8 Å². The van der Waals surface area contributed by atoms with Crippen LogP contribution < -0.4 is 10.1 Å². The predicted octanol–water partition coefficient (Wildman–Crippen LogP) is 7.42. The minimum absolute atomic E-state index is 0.0239. The minimum atomic E-state index is -0.615. The van der Waals surface area contributed by atoms with Crippen LogP contribution in [-0.4, -0.2) is 43.7 Å². The van der Waals surface area contributed by atoms with E-state index in [9.17, 15) is 9.59 Å². The van der Waals surface area contributed by atoms with Gasteiger partial charge in [0, 0.05) is 21.7 Å². The van der Waals surface area contributed by atoms with Crippen molar-refractivity contribution in [1.82, 2.24) is 5.32 Å². The fourth-order valence-corrected chi connectivity index (χ4v) is 4.64. The molecule has 0 heterocycles. The van der Waals surface area contributed by atoms with E-state index >= 15 is 0 Å². The van der Waals surface area contributed by atoms with E-state index < -0.39 is 18.2 Å². The lowest BCUT2D eigenvalue weighted by molar-refractivity contribution is -0.137. The minimum Gasteiger partial charge on any atom is -0.490 e. The summed E-state index contributed by atoms with van der Waals surface area (Å²) in [5.74, 6) is 1.50. The number of carbonyl (C=O) groups is 2. The number of esters is 1. The average molecular weight is 560 g/mol. The standard InChI is InChI=1S/C30H38ClNO5S/c1-7-28(33)35-17-16-32-30(34)37-26(19-38-27-14-10-24(31)11-15-27)18-36-25-12-8-23(9-13-25)29(21(4)5)22(6)20(2)3/h7-15,20-21,26H,1,16-19H2,2-6H3,(H,32,34)/b29-22+. The molecule has 0 aliphatic heterocycles. The largest absolute Gasteiger partial charge is 0.490 e. The van der Waals surface area contributed by atoms with E-state index in [1.165, 1.54) is 28.5 Å². The summed E-state index contributed by atoms with van der Waals surface area (Å²) in [5.41, 5.74) is 3.91. The van der Waals surface area contributed by atoms with E-state index in [1.807, 2.05) is 36.4 Å². The quantitative estimate of drug-likeness (QED) is 0.112. The molecule has 2 aromatic rings. The number of halogens is 1. The van der Waals surface area contributed by atoms with Crippen molar-refractivity contribution in [2.75, 3.05) is 25.5 Å². The molecule has 2 aromatic carbocycles. The van der Waals surface area contributed by atoms with Crippen molar-refractivity contribution in [3.8, 4) is 5.75 Å². The Morgan fingerprint density at radius 3 is 2.26 bits per heavy atom. The molecule has 0 radical (unpaired) electrons. The van der Waals surface area contributed by atoms with Crippen LogP contribution in [0.3, 0.4) is 0 Å². The number of carbonyl (C=O) groups excluding carboxylic acids is 2. The highest BCUT2D eigenvalue weighted by molar-refractivity contribution is 7.99. The van der Waals surface area contributed by atoms with Crippen LogP contribution in [0.5, 0.6) is 5.75 Å². The molecule has 6 nitrogen and oxygen atoms in total. The Bertz CT molecular complexity index is 1080. The third-order valence-electron chi connectivity index (χ3n) is 5.78. The Hall–Kier alpha value is -2.90. The number of benzene rings is 2. The molecule has 1 N–H and O–H groups in total. The van der Waals surface area contributed by atoms with Crippen molar-refractivity contribution in [3.63, 3.8) is 0 Å². The number of hydrogen-bond acceptors (Lipinski definition) is 6. The molecule has 0 aromatic heterocycles. The molecule has 206 valence electrons. The van der Waals surface area contributed by atoms with Gasteiger partial charge in [0.05, 0.1) is 6.54 Å². The molecular weight excluding hydrogens is 522 g/mol. The first-order chi connectivity index (χ1) is 18.1. The first kappa shape index (κ1) is 31.3. The van der Waals surface area contributed by atoms with E-state index in [-0.39, 0.29) is 19.8 Å². The van der Waals surface area contributed by atoms with Crippen LogP contribution >= 0.6 is 23.4 Å². The van der Waals surface area contributed by atoms with Crippen LogP contribution in [0.15, 0.2) is 71.7 Å². The monoisotopic (exact) mass is 559 g/mol. The van der Waals surface area contributed by atoms with E-state index in [1.54, 1.807) is 0 Å². The molecule has 1 unspecified atom stereocenters. The second-order valence-electron chi connectivity index (χ2n) is 9.33. The van der Waals surface area contributed by atoms with E-state index in [2.05, 4.69) is 58.6 Å². The third-order valence-corrected chi connectivity index (χ3v) is 7.17. The van der Waals surface area contributed by atoms with Crippen molar-refractivity contribution >= 4 is 41.0 Å². The van der Waals surface area contributed by atoms with Gasteiger partial charge in [-0.25, -0.2) is 9.59 Å². The molecule has 0 bridgehead atoms. The first-order valence-corrected chi connectivity index (χ1v) is 14.0.